The van der Waals surface area contributed by atoms with Gasteiger partial charge in [-0.05, 0) is 204 Å². The minimum absolute atomic E-state index is 0.000758. The molecular formula is C72H86N10O13. The van der Waals surface area contributed by atoms with E-state index in [-0.39, 0.29) is 54.1 Å². The molecule has 0 saturated carbocycles. The summed E-state index contributed by atoms with van der Waals surface area (Å²) in [6.45, 7) is 21.6. The summed E-state index contributed by atoms with van der Waals surface area (Å²) in [6.07, 6.45) is 13.9. The average molecular weight is 1300 g/mol. The smallest absolute Gasteiger partial charge is 0.379 e. The number of nitrogens with zero attached hydrogens (tertiary/aromatic N) is 8. The van der Waals surface area contributed by atoms with Crippen LogP contribution in [0.3, 0.4) is 0 Å². The van der Waals surface area contributed by atoms with E-state index in [0.29, 0.717) is 70.9 Å². The van der Waals surface area contributed by atoms with E-state index in [0.717, 1.165) is 86.7 Å². The van der Waals surface area contributed by atoms with E-state index in [1.165, 1.54) is 0 Å². The molecule has 0 spiro atoms. The van der Waals surface area contributed by atoms with Gasteiger partial charge >= 0.3 is 11.9 Å². The number of nitrogens with one attached hydrogen (secondary N) is 1. The number of nitrogen functional groups attached to an aromatic ring is 1. The number of hydrazine groups is 1. The number of rotatable bonds is 18. The number of aliphatic hydroxyl groups excluding tert-OH is 1. The fourth-order valence-corrected chi connectivity index (χ4v) is 10.9. The van der Waals surface area contributed by atoms with Crippen molar-refractivity contribution in [1.29, 1.82) is 0 Å². The third-order valence-corrected chi connectivity index (χ3v) is 15.5. The van der Waals surface area contributed by atoms with Gasteiger partial charge in [-0.3, -0.25) is 30.4 Å². The number of anilines is 1. The lowest BCUT2D eigenvalue weighted by Crippen LogP contribution is -2.43. The van der Waals surface area contributed by atoms with E-state index < -0.39 is 17.7 Å². The Morgan fingerprint density at radius 2 is 1.00 bits per heavy atom. The van der Waals surface area contributed by atoms with Crippen LogP contribution in [0.1, 0.15) is 137 Å². The summed E-state index contributed by atoms with van der Waals surface area (Å²) in [5.74, 6) is 6.40. The van der Waals surface area contributed by atoms with Gasteiger partial charge < -0.3 is 53.3 Å². The van der Waals surface area contributed by atoms with Gasteiger partial charge in [0.1, 0.15) is 5.76 Å². The van der Waals surface area contributed by atoms with Crippen LogP contribution < -0.4 is 39.7 Å². The number of amides is 1. The predicted octanol–water partition coefficient (Wildman–Crippen LogP) is 11.9. The first-order valence-corrected chi connectivity index (χ1v) is 31.6. The van der Waals surface area contributed by atoms with Gasteiger partial charge in [0.05, 0.1) is 99.9 Å². The molecule has 5 aromatic heterocycles. The van der Waals surface area contributed by atoms with Crippen LogP contribution >= 0.6 is 0 Å². The van der Waals surface area contributed by atoms with Crippen molar-refractivity contribution in [3.63, 3.8) is 0 Å². The highest BCUT2D eigenvalue weighted by atomic mass is 16.5. The van der Waals surface area contributed by atoms with Gasteiger partial charge in [-0.15, -0.1) is 0 Å². The maximum absolute atomic E-state index is 13.5. The summed E-state index contributed by atoms with van der Waals surface area (Å²) in [7, 11) is 6.67. The van der Waals surface area contributed by atoms with Crippen molar-refractivity contribution in [2.45, 2.75) is 139 Å². The molecule has 5 heterocycles. The summed E-state index contributed by atoms with van der Waals surface area (Å²) in [6, 6.07) is 22.7. The number of aliphatic hydroxyl groups is 1. The zero-order chi connectivity index (χ0) is 68.8. The number of carbonyl (C=O) groups is 4. The first kappa shape index (κ1) is 70.6. The van der Waals surface area contributed by atoms with Crippen LogP contribution in [0.5, 0.6) is 34.5 Å². The molecule has 0 aliphatic heterocycles. The molecule has 4 N–H and O–H groups in total. The quantitative estimate of drug-likeness (QED) is 0.0311. The van der Waals surface area contributed by atoms with Gasteiger partial charge in [0, 0.05) is 64.6 Å². The van der Waals surface area contributed by atoms with Crippen molar-refractivity contribution in [2.24, 2.45) is 5.84 Å². The average Bonchev–Trinajstić information content (AvgIpc) is 1.63. The van der Waals surface area contributed by atoms with Crippen molar-refractivity contribution in [3.05, 3.63) is 160 Å². The Morgan fingerprint density at radius 1 is 0.579 bits per heavy atom. The summed E-state index contributed by atoms with van der Waals surface area (Å²) in [5.41, 5.74) is 14.6. The predicted molar refractivity (Wildman–Crippen MR) is 361 cm³/mol. The molecular weight excluding hydrogens is 1210 g/mol. The Hall–Kier alpha value is -10.3. The van der Waals surface area contributed by atoms with Crippen LogP contribution in [0.4, 0.5) is 5.69 Å². The van der Waals surface area contributed by atoms with Crippen LogP contribution in [-0.4, -0.2) is 134 Å². The van der Waals surface area contributed by atoms with Crippen LogP contribution in [0.25, 0.3) is 39.6 Å². The lowest BCUT2D eigenvalue weighted by atomic mass is 9.88. The van der Waals surface area contributed by atoms with E-state index >= 15 is 0 Å². The summed E-state index contributed by atoms with van der Waals surface area (Å²) in [4.78, 5) is 64.0. The molecule has 8 aromatic rings. The van der Waals surface area contributed by atoms with E-state index in [2.05, 4.69) is 25.5 Å². The highest BCUT2D eigenvalue weighted by Gasteiger charge is 2.36. The third-order valence-electron chi connectivity index (χ3n) is 15.5. The molecule has 0 atom stereocenters. The fraction of sp³-hybridized carbons (Fsp3) is 0.375. The standard InChI is InChI=1S/C26H32N4O3.C23H25N3O4.C18H22O6.C5H7N3/c1-16(2)33-22-14-20-17(13-21(22)32-7)10-11-19-23(25(31)29(6)26(3,4)5)28-30(24(19)20)18-9-8-12-27-15-18;1-5-29-23(27)21-17-9-8-15-11-19(28-4)20(30-14(2)3)12-18(15)22(17)26(25-21)16-7-6-10-24-13-16;1-5-23-18(21)17(20)12-7-6-11-8-14(22-4)15(24-10(2)3)9-13(11)16(12)19;6-8-5-2-1-3-7-4-5/h8-9,12-16H,10-11H2,1-7H3;6-7,10-14H,5,8-9H2,1-4H3;8-10,19H,5-7H2,1-4H3;1-4,8H,6H2. The molecule has 23 heteroatoms. The molecule has 502 valence electrons. The number of esters is 2. The number of hydrogen-bond acceptors (Lipinski definition) is 20. The number of hydrogen-bond donors (Lipinski definition) is 3. The van der Waals surface area contributed by atoms with Crippen molar-refractivity contribution < 1.29 is 62.2 Å². The molecule has 0 fully saturated rings. The van der Waals surface area contributed by atoms with Gasteiger partial charge in [0.2, 0.25) is 0 Å². The summed E-state index contributed by atoms with van der Waals surface area (Å²) >= 11 is 0. The van der Waals surface area contributed by atoms with E-state index in [1.54, 1.807) is 94.1 Å². The summed E-state index contributed by atoms with van der Waals surface area (Å²) in [5, 5.41) is 20.0. The molecule has 23 nitrogen and oxygen atoms in total. The fourth-order valence-electron chi connectivity index (χ4n) is 10.9. The molecule has 11 rings (SSSR count). The number of benzene rings is 3. The van der Waals surface area contributed by atoms with Gasteiger partial charge in [-0.25, -0.2) is 19.0 Å². The second-order valence-electron chi connectivity index (χ2n) is 24.1. The molecule has 0 radical (unpaired) electrons. The second kappa shape index (κ2) is 31.6. The lowest BCUT2D eigenvalue weighted by molar-refractivity contribution is -0.151. The topological polar surface area (TPSA) is 278 Å². The van der Waals surface area contributed by atoms with Crippen molar-refractivity contribution >= 4 is 35.1 Å². The number of methoxy groups -OCH3 is 3. The number of ether oxygens (including phenoxy) is 8. The lowest BCUT2D eigenvalue weighted by Gasteiger charge is -2.31. The second-order valence-corrected chi connectivity index (χ2v) is 24.1. The first-order chi connectivity index (χ1) is 45.5. The van der Waals surface area contributed by atoms with Crippen LogP contribution in [0.15, 0.2) is 116 Å². The zero-order valence-electron chi connectivity index (χ0n) is 56.8. The van der Waals surface area contributed by atoms with Gasteiger partial charge in [-0.2, -0.15) is 10.2 Å². The van der Waals surface area contributed by atoms with Gasteiger partial charge in [0.25, 0.3) is 11.7 Å². The summed E-state index contributed by atoms with van der Waals surface area (Å²) < 4.78 is 47.9. The Morgan fingerprint density at radius 3 is 1.39 bits per heavy atom. The minimum Gasteiger partial charge on any atom is -0.507 e. The number of Topliss-reactive ketones (excluding diaryl/α,β-unsaturated/α-hetero) is 1. The van der Waals surface area contributed by atoms with E-state index in [4.69, 9.17) is 48.8 Å². The zero-order valence-corrected chi connectivity index (χ0v) is 56.8. The van der Waals surface area contributed by atoms with Crippen molar-refractivity contribution in [2.75, 3.05) is 47.0 Å². The Balaban J connectivity index is 0.000000174. The number of ketones is 1. The van der Waals surface area contributed by atoms with E-state index in [9.17, 15) is 24.3 Å². The third kappa shape index (κ3) is 16.4. The van der Waals surface area contributed by atoms with Gasteiger partial charge in [-0.1, -0.05) is 0 Å². The minimum atomic E-state index is -0.949. The van der Waals surface area contributed by atoms with Crippen molar-refractivity contribution in [3.8, 4) is 68.4 Å². The number of pyridine rings is 3. The number of fused-ring (bicyclic) bond motifs is 7. The maximum atomic E-state index is 13.5. The van der Waals surface area contributed by atoms with Crippen LogP contribution in [-0.2, 0) is 51.2 Å². The number of carbonyl (C=O) groups excluding carboxylic acids is 4. The van der Waals surface area contributed by atoms with E-state index in [1.807, 2.05) is 135 Å². The molecule has 0 bridgehead atoms. The van der Waals surface area contributed by atoms with Gasteiger partial charge in [0.15, 0.2) is 45.9 Å². The Kier molecular flexibility index (Phi) is 23.4. The molecule has 3 aliphatic rings. The molecule has 0 saturated heterocycles. The van der Waals surface area contributed by atoms with Crippen LogP contribution in [0, 0.1) is 0 Å². The normalized spacial score (nSPS) is 12.5. The molecule has 3 aromatic carbocycles. The first-order valence-electron chi connectivity index (χ1n) is 31.6. The maximum Gasteiger partial charge on any atom is 0.379 e. The largest absolute Gasteiger partial charge is 0.507 e. The van der Waals surface area contributed by atoms with Crippen LogP contribution in [0.2, 0.25) is 0 Å². The monoisotopic (exact) mass is 1300 g/mol. The number of nitrogens with two attached hydrogens (primary N) is 1. The molecule has 0 unspecified atom stereocenters. The SMILES string of the molecule is CCOC(=O)C(=O)C1=C(O)c2cc(OC(C)C)c(OC)cc2CC1.CCOC(=O)c1nn(-c2cccnc2)c2c1CCc1cc(OC)c(OC(C)C)cc1-2.COc1cc2c(cc1OC(C)C)-c1c(c(C(=O)N(C)C(C)(C)C)nn1-c1cccnc1)CC2.NNc1cccnc1. The Labute approximate surface area is 554 Å². The highest BCUT2D eigenvalue weighted by molar-refractivity contribution is 6.41. The molecule has 3 aliphatic carbocycles. The number of aryl methyl sites for hydroxylation is 3. The molecule has 1 amide bonds. The highest BCUT2D eigenvalue weighted by Crippen LogP contribution is 2.46. The molecule has 95 heavy (non-hydrogen) atoms. The Bertz CT molecular complexity index is 4050. The van der Waals surface area contributed by atoms with Crippen molar-refractivity contribution in [1.82, 2.24) is 39.4 Å². The number of aromatic nitrogens is 7.